The van der Waals surface area contributed by atoms with Crippen LogP contribution in [0.15, 0.2) is 36.7 Å². The number of nitrogens with one attached hydrogen (secondary N) is 1. The average Bonchev–Trinajstić information content (AvgIpc) is 2.44. The van der Waals surface area contributed by atoms with Gasteiger partial charge in [0.25, 0.3) is 5.91 Å². The van der Waals surface area contributed by atoms with Crippen LogP contribution in [0.5, 0.6) is 5.75 Å². The lowest BCUT2D eigenvalue weighted by atomic mass is 10.2. The second-order valence-electron chi connectivity index (χ2n) is 4.15. The quantitative estimate of drug-likeness (QED) is 0.858. The highest BCUT2D eigenvalue weighted by Crippen LogP contribution is 2.11. The molecule has 5 nitrogen and oxygen atoms in total. The summed E-state index contributed by atoms with van der Waals surface area (Å²) in [5.41, 5.74) is 1.35. The standard InChI is InChI=1S/C14H14ClN3O2/c1-10-3-2-4-11(7-10)20-6-5-16-14(19)12-8-18-13(15)9-17-12/h2-4,7-9H,5-6H2,1H3,(H,16,19). The Kier molecular flexibility index (Phi) is 4.90. The number of carbonyl (C=O) groups excluding carboxylic acids is 1. The van der Waals surface area contributed by atoms with Crippen molar-refractivity contribution >= 4 is 17.5 Å². The molecule has 0 spiro atoms. The van der Waals surface area contributed by atoms with E-state index in [0.29, 0.717) is 13.2 Å². The highest BCUT2D eigenvalue weighted by atomic mass is 35.5. The second kappa shape index (κ2) is 6.86. The van der Waals surface area contributed by atoms with Crippen molar-refractivity contribution in [3.8, 4) is 5.75 Å². The molecule has 2 rings (SSSR count). The van der Waals surface area contributed by atoms with E-state index in [2.05, 4.69) is 15.3 Å². The molecule has 1 heterocycles. The lowest BCUT2D eigenvalue weighted by Gasteiger charge is -2.07. The number of halogens is 1. The Labute approximate surface area is 122 Å². The number of carbonyl (C=O) groups is 1. The Morgan fingerprint density at radius 1 is 1.35 bits per heavy atom. The summed E-state index contributed by atoms with van der Waals surface area (Å²) in [6, 6.07) is 7.73. The van der Waals surface area contributed by atoms with Gasteiger partial charge < -0.3 is 10.1 Å². The molecule has 0 aliphatic carbocycles. The van der Waals surface area contributed by atoms with Gasteiger partial charge in [0, 0.05) is 0 Å². The molecule has 0 fully saturated rings. The molecule has 104 valence electrons. The van der Waals surface area contributed by atoms with Crippen LogP contribution in [0.3, 0.4) is 0 Å². The molecule has 0 saturated heterocycles. The molecule has 6 heteroatoms. The number of nitrogens with zero attached hydrogens (tertiary/aromatic N) is 2. The van der Waals surface area contributed by atoms with E-state index in [0.717, 1.165) is 11.3 Å². The minimum atomic E-state index is -0.304. The van der Waals surface area contributed by atoms with Crippen LogP contribution in [-0.2, 0) is 0 Å². The van der Waals surface area contributed by atoms with E-state index in [9.17, 15) is 4.79 Å². The number of aryl methyl sites for hydroxylation is 1. The van der Waals surface area contributed by atoms with Gasteiger partial charge in [-0.15, -0.1) is 0 Å². The maximum Gasteiger partial charge on any atom is 0.271 e. The van der Waals surface area contributed by atoms with Crippen LogP contribution < -0.4 is 10.1 Å². The zero-order chi connectivity index (χ0) is 14.4. The summed E-state index contributed by atoms with van der Waals surface area (Å²) >= 11 is 5.60. The van der Waals surface area contributed by atoms with Gasteiger partial charge in [-0.05, 0) is 24.6 Å². The number of hydrogen-bond acceptors (Lipinski definition) is 4. The zero-order valence-electron chi connectivity index (χ0n) is 11.0. The summed E-state index contributed by atoms with van der Waals surface area (Å²) in [7, 11) is 0. The Morgan fingerprint density at radius 2 is 2.20 bits per heavy atom. The van der Waals surface area contributed by atoms with E-state index in [1.165, 1.54) is 12.4 Å². The van der Waals surface area contributed by atoms with Crippen molar-refractivity contribution in [3.05, 3.63) is 53.1 Å². The Morgan fingerprint density at radius 3 is 2.90 bits per heavy atom. The molecule has 2 aromatic rings. The molecule has 1 aromatic carbocycles. The van der Waals surface area contributed by atoms with Crippen LogP contribution in [0, 0.1) is 6.92 Å². The maximum absolute atomic E-state index is 11.7. The Balaban J connectivity index is 1.76. The van der Waals surface area contributed by atoms with E-state index >= 15 is 0 Å². The normalized spacial score (nSPS) is 10.1. The van der Waals surface area contributed by atoms with Gasteiger partial charge in [-0.3, -0.25) is 4.79 Å². The van der Waals surface area contributed by atoms with E-state index in [1.807, 2.05) is 31.2 Å². The predicted molar refractivity (Wildman–Crippen MR) is 76.0 cm³/mol. The predicted octanol–water partition coefficient (Wildman–Crippen LogP) is 2.25. The third-order valence-corrected chi connectivity index (χ3v) is 2.69. The molecule has 0 bridgehead atoms. The highest BCUT2D eigenvalue weighted by molar-refractivity contribution is 6.29. The monoisotopic (exact) mass is 291 g/mol. The summed E-state index contributed by atoms with van der Waals surface area (Å²) in [5, 5.41) is 2.95. The molecular weight excluding hydrogens is 278 g/mol. The van der Waals surface area contributed by atoms with Gasteiger partial charge in [-0.1, -0.05) is 23.7 Å². The van der Waals surface area contributed by atoms with Crippen molar-refractivity contribution in [2.24, 2.45) is 0 Å². The number of amides is 1. The molecule has 20 heavy (non-hydrogen) atoms. The first-order chi connectivity index (χ1) is 9.65. The van der Waals surface area contributed by atoms with E-state index < -0.39 is 0 Å². The number of ether oxygens (including phenoxy) is 1. The lowest BCUT2D eigenvalue weighted by Crippen LogP contribution is -2.28. The first-order valence-corrected chi connectivity index (χ1v) is 6.48. The summed E-state index contributed by atoms with van der Waals surface area (Å²) in [6.45, 7) is 2.77. The third-order valence-electron chi connectivity index (χ3n) is 2.50. The first kappa shape index (κ1) is 14.3. The van der Waals surface area contributed by atoms with Gasteiger partial charge in [-0.2, -0.15) is 0 Å². The largest absolute Gasteiger partial charge is 0.492 e. The fraction of sp³-hybridized carbons (Fsp3) is 0.214. The Bertz CT molecular complexity index is 587. The number of benzene rings is 1. The average molecular weight is 292 g/mol. The molecule has 0 atom stereocenters. The molecule has 1 N–H and O–H groups in total. The van der Waals surface area contributed by atoms with Crippen LogP contribution in [0.2, 0.25) is 5.15 Å². The highest BCUT2D eigenvalue weighted by Gasteiger charge is 2.06. The van der Waals surface area contributed by atoms with Crippen LogP contribution in [0.1, 0.15) is 16.1 Å². The van der Waals surface area contributed by atoms with Crippen LogP contribution in [0.25, 0.3) is 0 Å². The molecular formula is C14H14ClN3O2. The van der Waals surface area contributed by atoms with Gasteiger partial charge in [0.15, 0.2) is 0 Å². The molecule has 1 aromatic heterocycles. The van der Waals surface area contributed by atoms with Crippen LogP contribution >= 0.6 is 11.6 Å². The maximum atomic E-state index is 11.7. The topological polar surface area (TPSA) is 64.1 Å². The van der Waals surface area contributed by atoms with Gasteiger partial charge in [0.1, 0.15) is 23.2 Å². The number of aromatic nitrogens is 2. The molecule has 0 aliphatic heterocycles. The van der Waals surface area contributed by atoms with Gasteiger partial charge in [0.05, 0.1) is 18.9 Å². The summed E-state index contributed by atoms with van der Waals surface area (Å²) in [4.78, 5) is 19.4. The van der Waals surface area contributed by atoms with Gasteiger partial charge in [-0.25, -0.2) is 9.97 Å². The molecule has 0 saturated carbocycles. The lowest BCUT2D eigenvalue weighted by molar-refractivity contribution is 0.0941. The van der Waals surface area contributed by atoms with E-state index in [4.69, 9.17) is 16.3 Å². The van der Waals surface area contributed by atoms with E-state index in [-0.39, 0.29) is 16.8 Å². The van der Waals surface area contributed by atoms with Crippen molar-refractivity contribution < 1.29 is 9.53 Å². The van der Waals surface area contributed by atoms with Gasteiger partial charge in [0.2, 0.25) is 0 Å². The van der Waals surface area contributed by atoms with E-state index in [1.54, 1.807) is 0 Å². The van der Waals surface area contributed by atoms with Crippen molar-refractivity contribution in [2.75, 3.05) is 13.2 Å². The fourth-order valence-electron chi connectivity index (χ4n) is 1.56. The smallest absolute Gasteiger partial charge is 0.271 e. The SMILES string of the molecule is Cc1cccc(OCCNC(=O)c2cnc(Cl)cn2)c1. The van der Waals surface area contributed by atoms with Crippen molar-refractivity contribution in [3.63, 3.8) is 0 Å². The summed E-state index contributed by atoms with van der Waals surface area (Å²) in [6.07, 6.45) is 2.67. The van der Waals surface area contributed by atoms with Gasteiger partial charge >= 0.3 is 0 Å². The minimum absolute atomic E-state index is 0.227. The molecule has 0 aliphatic rings. The summed E-state index contributed by atoms with van der Waals surface area (Å²) < 4.78 is 5.52. The van der Waals surface area contributed by atoms with Crippen LogP contribution in [0.4, 0.5) is 0 Å². The third kappa shape index (κ3) is 4.20. The zero-order valence-corrected chi connectivity index (χ0v) is 11.7. The number of rotatable bonds is 5. The van der Waals surface area contributed by atoms with Crippen molar-refractivity contribution in [1.82, 2.24) is 15.3 Å². The van der Waals surface area contributed by atoms with Crippen molar-refractivity contribution in [2.45, 2.75) is 6.92 Å². The minimum Gasteiger partial charge on any atom is -0.492 e. The van der Waals surface area contributed by atoms with Crippen molar-refractivity contribution in [1.29, 1.82) is 0 Å². The molecule has 1 amide bonds. The Hall–Kier alpha value is -2.14. The second-order valence-corrected chi connectivity index (χ2v) is 4.53. The number of hydrogen-bond donors (Lipinski definition) is 1. The van der Waals surface area contributed by atoms with Crippen LogP contribution in [-0.4, -0.2) is 29.0 Å². The first-order valence-electron chi connectivity index (χ1n) is 6.10. The molecule has 0 radical (unpaired) electrons. The fourth-order valence-corrected chi connectivity index (χ4v) is 1.66. The summed E-state index contributed by atoms with van der Waals surface area (Å²) in [5.74, 6) is 0.479. The molecule has 0 unspecified atom stereocenters.